The minimum absolute atomic E-state index is 0.204. The highest BCUT2D eigenvalue weighted by atomic mass is 16.5. The first-order valence-corrected chi connectivity index (χ1v) is 5.79. The van der Waals surface area contributed by atoms with E-state index in [1.54, 1.807) is 0 Å². The van der Waals surface area contributed by atoms with Gasteiger partial charge in [0, 0.05) is 0 Å². The third-order valence-electron chi connectivity index (χ3n) is 2.34. The van der Waals surface area contributed by atoms with Crippen LogP contribution in [0.2, 0.25) is 0 Å². The van der Waals surface area contributed by atoms with Crippen LogP contribution in [-0.4, -0.2) is 39.4 Å². The van der Waals surface area contributed by atoms with E-state index < -0.39 is 11.9 Å². The number of ether oxygens (including phenoxy) is 4. The molecule has 108 valence electrons. The molecule has 0 amide bonds. The monoisotopic (exact) mass is 280 g/mol. The van der Waals surface area contributed by atoms with E-state index in [1.165, 1.54) is 38.7 Å². The van der Waals surface area contributed by atoms with Crippen LogP contribution >= 0.6 is 0 Å². The summed E-state index contributed by atoms with van der Waals surface area (Å²) in [5.41, 5.74) is 0.407. The maximum atomic E-state index is 11.5. The number of esters is 2. The Kier molecular flexibility index (Phi) is 6.09. The molecular weight excluding hydrogens is 264 g/mol. The summed E-state index contributed by atoms with van der Waals surface area (Å²) in [6, 6.07) is 4.34. The smallest absolute Gasteiger partial charge is 0.338 e. The largest absolute Gasteiger partial charge is 0.498 e. The van der Waals surface area contributed by atoms with Crippen LogP contribution in [0, 0.1) is 0 Å². The fraction of sp³-hybridized carbons (Fsp3) is 0.286. The highest BCUT2D eigenvalue weighted by Gasteiger charge is 2.14. The van der Waals surface area contributed by atoms with Crippen LogP contribution < -0.4 is 4.74 Å². The molecule has 0 N–H and O–H groups in total. The average Bonchev–Trinajstić information content (AvgIpc) is 2.49. The van der Waals surface area contributed by atoms with Crippen LogP contribution in [0.5, 0.6) is 5.75 Å². The van der Waals surface area contributed by atoms with Crippen molar-refractivity contribution in [2.45, 2.75) is 0 Å². The van der Waals surface area contributed by atoms with E-state index in [-0.39, 0.29) is 17.7 Å². The van der Waals surface area contributed by atoms with Gasteiger partial charge in [0.15, 0.2) is 0 Å². The third-order valence-corrected chi connectivity index (χ3v) is 2.34. The lowest BCUT2D eigenvalue weighted by atomic mass is 10.1. The van der Waals surface area contributed by atoms with Gasteiger partial charge >= 0.3 is 11.9 Å². The number of rotatable bonds is 7. The molecule has 6 heteroatoms. The lowest BCUT2D eigenvalue weighted by Gasteiger charge is -2.09. The summed E-state index contributed by atoms with van der Waals surface area (Å²) in [4.78, 5) is 23.1. The molecule has 6 nitrogen and oxygen atoms in total. The van der Waals surface area contributed by atoms with E-state index in [4.69, 9.17) is 9.47 Å². The van der Waals surface area contributed by atoms with Crippen molar-refractivity contribution in [1.29, 1.82) is 0 Å². The van der Waals surface area contributed by atoms with Gasteiger partial charge in [-0.2, -0.15) is 0 Å². The molecule has 20 heavy (non-hydrogen) atoms. The molecular formula is C14H16O6. The van der Waals surface area contributed by atoms with Gasteiger partial charge in [0.05, 0.1) is 31.6 Å². The standard InChI is InChI=1S/C14H16O6/c1-4-19-5-6-20-12-8-10(13(15)17-2)7-11(9-12)14(16)18-3/h4,7-9H,1,5-6H2,2-3H3. The van der Waals surface area contributed by atoms with E-state index in [0.717, 1.165) is 0 Å². The SMILES string of the molecule is C=COCCOc1cc(C(=O)OC)cc(C(=O)OC)c1. The molecule has 0 aromatic heterocycles. The number of hydrogen-bond donors (Lipinski definition) is 0. The molecule has 1 aromatic rings. The predicted octanol–water partition coefficient (Wildman–Crippen LogP) is 1.80. The number of methoxy groups -OCH3 is 2. The van der Waals surface area contributed by atoms with Gasteiger partial charge in [0.1, 0.15) is 19.0 Å². The van der Waals surface area contributed by atoms with Gasteiger partial charge in [-0.15, -0.1) is 0 Å². The highest BCUT2D eigenvalue weighted by molar-refractivity contribution is 5.96. The Balaban J connectivity index is 2.94. The van der Waals surface area contributed by atoms with Crippen LogP contribution in [0.4, 0.5) is 0 Å². The summed E-state index contributed by atoms with van der Waals surface area (Å²) < 4.78 is 19.5. The molecule has 0 aliphatic carbocycles. The molecule has 0 radical (unpaired) electrons. The van der Waals surface area contributed by atoms with Gasteiger partial charge in [-0.25, -0.2) is 9.59 Å². The quantitative estimate of drug-likeness (QED) is 0.431. The van der Waals surface area contributed by atoms with E-state index in [1.807, 2.05) is 0 Å². The maximum absolute atomic E-state index is 11.5. The van der Waals surface area contributed by atoms with Crippen LogP contribution in [-0.2, 0) is 14.2 Å². The lowest BCUT2D eigenvalue weighted by molar-refractivity contribution is 0.0598. The van der Waals surface area contributed by atoms with Gasteiger partial charge in [-0.05, 0) is 18.2 Å². The minimum atomic E-state index is -0.567. The summed E-state index contributed by atoms with van der Waals surface area (Å²) in [6.45, 7) is 3.95. The van der Waals surface area contributed by atoms with Gasteiger partial charge in [0.25, 0.3) is 0 Å². The number of benzene rings is 1. The summed E-state index contributed by atoms with van der Waals surface area (Å²) in [7, 11) is 2.51. The second-order valence-corrected chi connectivity index (χ2v) is 3.62. The fourth-order valence-corrected chi connectivity index (χ4v) is 1.44. The fourth-order valence-electron chi connectivity index (χ4n) is 1.44. The molecule has 0 fully saturated rings. The van der Waals surface area contributed by atoms with Gasteiger partial charge < -0.3 is 18.9 Å². The molecule has 0 aliphatic heterocycles. The molecule has 0 saturated carbocycles. The molecule has 0 spiro atoms. The average molecular weight is 280 g/mol. The number of hydrogen-bond acceptors (Lipinski definition) is 6. The first kappa shape index (κ1) is 15.6. The zero-order valence-electron chi connectivity index (χ0n) is 11.4. The Bertz CT molecular complexity index is 460. The molecule has 0 aliphatic rings. The molecule has 0 bridgehead atoms. The van der Waals surface area contributed by atoms with Crippen molar-refractivity contribution in [3.8, 4) is 5.75 Å². The van der Waals surface area contributed by atoms with Crippen molar-refractivity contribution in [2.24, 2.45) is 0 Å². The zero-order valence-corrected chi connectivity index (χ0v) is 11.4. The highest BCUT2D eigenvalue weighted by Crippen LogP contribution is 2.19. The molecule has 0 saturated heterocycles. The van der Waals surface area contributed by atoms with Crippen LogP contribution in [0.15, 0.2) is 31.0 Å². The lowest BCUT2D eigenvalue weighted by Crippen LogP contribution is -2.09. The number of carbonyl (C=O) groups excluding carboxylic acids is 2. The predicted molar refractivity (Wildman–Crippen MR) is 70.8 cm³/mol. The first-order valence-electron chi connectivity index (χ1n) is 5.79. The van der Waals surface area contributed by atoms with Gasteiger partial charge in [-0.1, -0.05) is 6.58 Å². The maximum Gasteiger partial charge on any atom is 0.338 e. The molecule has 0 unspecified atom stereocenters. The molecule has 1 rings (SSSR count). The first-order chi connectivity index (χ1) is 9.62. The Labute approximate surface area is 116 Å². The second-order valence-electron chi connectivity index (χ2n) is 3.62. The Morgan fingerprint density at radius 1 is 1.05 bits per heavy atom. The van der Waals surface area contributed by atoms with Crippen LogP contribution in [0.1, 0.15) is 20.7 Å². The minimum Gasteiger partial charge on any atom is -0.498 e. The van der Waals surface area contributed by atoms with Crippen molar-refractivity contribution in [2.75, 3.05) is 27.4 Å². The summed E-state index contributed by atoms with van der Waals surface area (Å²) in [5, 5.41) is 0. The Morgan fingerprint density at radius 2 is 1.60 bits per heavy atom. The Morgan fingerprint density at radius 3 is 2.05 bits per heavy atom. The van der Waals surface area contributed by atoms with Crippen molar-refractivity contribution >= 4 is 11.9 Å². The van der Waals surface area contributed by atoms with Crippen molar-refractivity contribution in [3.05, 3.63) is 42.2 Å². The van der Waals surface area contributed by atoms with E-state index in [0.29, 0.717) is 12.4 Å². The molecule has 0 atom stereocenters. The summed E-state index contributed by atoms with van der Waals surface area (Å²) in [6.07, 6.45) is 1.30. The van der Waals surface area contributed by atoms with Crippen LogP contribution in [0.3, 0.4) is 0 Å². The number of carbonyl (C=O) groups is 2. The third kappa shape index (κ3) is 4.31. The van der Waals surface area contributed by atoms with E-state index in [2.05, 4.69) is 16.1 Å². The van der Waals surface area contributed by atoms with Crippen LogP contribution in [0.25, 0.3) is 0 Å². The summed E-state index contributed by atoms with van der Waals surface area (Å²) >= 11 is 0. The van der Waals surface area contributed by atoms with Crippen molar-refractivity contribution < 1.29 is 28.5 Å². The second kappa shape index (κ2) is 7.83. The molecule has 0 heterocycles. The van der Waals surface area contributed by atoms with Crippen molar-refractivity contribution in [3.63, 3.8) is 0 Å². The molecule has 1 aromatic carbocycles. The Hall–Kier alpha value is -2.50. The van der Waals surface area contributed by atoms with Crippen molar-refractivity contribution in [1.82, 2.24) is 0 Å². The van der Waals surface area contributed by atoms with E-state index in [9.17, 15) is 9.59 Å². The van der Waals surface area contributed by atoms with E-state index >= 15 is 0 Å². The van der Waals surface area contributed by atoms with Gasteiger partial charge in [-0.3, -0.25) is 0 Å². The topological polar surface area (TPSA) is 71.1 Å². The van der Waals surface area contributed by atoms with Gasteiger partial charge in [0.2, 0.25) is 0 Å². The normalized spacial score (nSPS) is 9.50. The summed E-state index contributed by atoms with van der Waals surface area (Å²) in [5.74, 6) is -0.785. The zero-order chi connectivity index (χ0) is 15.0.